The van der Waals surface area contributed by atoms with Crippen LogP contribution in [0.5, 0.6) is 0 Å². The lowest BCUT2D eigenvalue weighted by atomic mass is 10.1. The summed E-state index contributed by atoms with van der Waals surface area (Å²) in [6.45, 7) is 4.31. The van der Waals surface area contributed by atoms with Gasteiger partial charge in [0, 0.05) is 23.1 Å². The molecule has 0 saturated carbocycles. The summed E-state index contributed by atoms with van der Waals surface area (Å²) in [5, 5.41) is 3.86. The molecule has 0 bridgehead atoms. The Kier molecular flexibility index (Phi) is 7.49. The first-order chi connectivity index (χ1) is 12.4. The molecule has 0 saturated heterocycles. The fourth-order valence-electron chi connectivity index (χ4n) is 2.62. The Morgan fingerprint density at radius 3 is 2.08 bits per heavy atom. The summed E-state index contributed by atoms with van der Waals surface area (Å²) in [5.41, 5.74) is 1.52. The van der Waals surface area contributed by atoms with Gasteiger partial charge in [0.15, 0.2) is 0 Å². The third kappa shape index (κ3) is 5.23. The van der Waals surface area contributed by atoms with E-state index in [-0.39, 0.29) is 24.8 Å². The van der Waals surface area contributed by atoms with Crippen LogP contribution in [-0.2, 0) is 22.6 Å². The number of nitrogens with zero attached hydrogens (tertiary/aromatic N) is 1. The van der Waals surface area contributed by atoms with Gasteiger partial charge in [-0.25, -0.2) is 0 Å². The smallest absolute Gasteiger partial charge is 0.242 e. The van der Waals surface area contributed by atoms with E-state index in [0.717, 1.165) is 11.1 Å². The van der Waals surface area contributed by atoms with Crippen molar-refractivity contribution in [2.45, 2.75) is 32.9 Å². The van der Waals surface area contributed by atoms with Crippen LogP contribution in [0.15, 0.2) is 48.5 Å². The second kappa shape index (κ2) is 9.60. The van der Waals surface area contributed by atoms with E-state index >= 15 is 0 Å². The largest absolute Gasteiger partial charge is 0.355 e. The molecule has 2 aromatic carbocycles. The molecule has 2 rings (SSSR count). The molecular formula is C20H22Cl2N2O2. The van der Waals surface area contributed by atoms with Gasteiger partial charge in [-0.15, -0.1) is 0 Å². The quantitative estimate of drug-likeness (QED) is 0.771. The number of amides is 2. The molecule has 0 fully saturated rings. The molecule has 1 N–H and O–H groups in total. The monoisotopic (exact) mass is 392 g/mol. The molecule has 0 radical (unpaired) electrons. The average Bonchev–Trinajstić information content (AvgIpc) is 2.62. The highest BCUT2D eigenvalue weighted by molar-refractivity contribution is 6.31. The summed E-state index contributed by atoms with van der Waals surface area (Å²) < 4.78 is 0. The third-order valence-corrected chi connectivity index (χ3v) is 4.85. The molecule has 6 heteroatoms. The van der Waals surface area contributed by atoms with Gasteiger partial charge in [-0.1, -0.05) is 59.6 Å². The number of benzene rings is 2. The van der Waals surface area contributed by atoms with E-state index in [0.29, 0.717) is 16.6 Å². The fourth-order valence-corrected chi connectivity index (χ4v) is 3.02. The summed E-state index contributed by atoms with van der Waals surface area (Å²) in [6.07, 6.45) is 0.119. The van der Waals surface area contributed by atoms with Crippen LogP contribution in [0.2, 0.25) is 10.0 Å². The van der Waals surface area contributed by atoms with Crippen LogP contribution >= 0.6 is 23.2 Å². The van der Waals surface area contributed by atoms with E-state index in [1.54, 1.807) is 19.1 Å². The summed E-state index contributed by atoms with van der Waals surface area (Å²) in [6, 6.07) is 13.9. The molecule has 138 valence electrons. The van der Waals surface area contributed by atoms with E-state index < -0.39 is 6.04 Å². The van der Waals surface area contributed by atoms with Gasteiger partial charge in [0.2, 0.25) is 11.8 Å². The van der Waals surface area contributed by atoms with E-state index in [1.165, 1.54) is 4.90 Å². The van der Waals surface area contributed by atoms with E-state index in [4.69, 9.17) is 23.2 Å². The normalized spacial score (nSPS) is 11.7. The average molecular weight is 393 g/mol. The SMILES string of the molecule is CCNC(=O)C(C)N(Cc1ccccc1Cl)C(=O)Cc1ccccc1Cl. The molecule has 0 heterocycles. The molecule has 4 nitrogen and oxygen atoms in total. The Bertz CT molecular complexity index is 780. The predicted octanol–water partition coefficient (Wildman–Crippen LogP) is 4.09. The van der Waals surface area contributed by atoms with Gasteiger partial charge >= 0.3 is 0 Å². The second-order valence-electron chi connectivity index (χ2n) is 5.95. The summed E-state index contributed by atoms with van der Waals surface area (Å²) in [7, 11) is 0. The lowest BCUT2D eigenvalue weighted by Gasteiger charge is -2.29. The van der Waals surface area contributed by atoms with Gasteiger partial charge in [0.1, 0.15) is 6.04 Å². The minimum atomic E-state index is -0.624. The lowest BCUT2D eigenvalue weighted by Crippen LogP contribution is -2.48. The Morgan fingerprint density at radius 1 is 1.00 bits per heavy atom. The first-order valence-corrected chi connectivity index (χ1v) is 9.23. The fraction of sp³-hybridized carbons (Fsp3) is 0.300. The number of hydrogen-bond acceptors (Lipinski definition) is 2. The molecule has 26 heavy (non-hydrogen) atoms. The molecule has 1 unspecified atom stereocenters. The topological polar surface area (TPSA) is 49.4 Å². The van der Waals surface area contributed by atoms with Crippen LogP contribution in [0, 0.1) is 0 Å². The number of carbonyl (C=O) groups excluding carboxylic acids is 2. The molecule has 0 aromatic heterocycles. The predicted molar refractivity (Wildman–Crippen MR) is 105 cm³/mol. The standard InChI is InChI=1S/C20H22Cl2N2O2/c1-3-23-20(26)14(2)24(13-16-9-5-7-11-18(16)22)19(25)12-15-8-4-6-10-17(15)21/h4-11,14H,3,12-13H2,1-2H3,(H,23,26). The third-order valence-electron chi connectivity index (χ3n) is 4.12. The molecule has 1 atom stereocenters. The first-order valence-electron chi connectivity index (χ1n) is 8.48. The van der Waals surface area contributed by atoms with Gasteiger partial charge in [0.25, 0.3) is 0 Å². The Balaban J connectivity index is 2.27. The molecule has 0 aliphatic heterocycles. The zero-order valence-corrected chi connectivity index (χ0v) is 16.3. The van der Waals surface area contributed by atoms with Crippen LogP contribution in [0.3, 0.4) is 0 Å². The Labute approximate surface area is 164 Å². The van der Waals surface area contributed by atoms with Crippen LogP contribution < -0.4 is 5.32 Å². The van der Waals surface area contributed by atoms with Crippen LogP contribution in [0.4, 0.5) is 0 Å². The molecule has 2 amide bonds. The molecule has 0 spiro atoms. The number of nitrogens with one attached hydrogen (secondary N) is 1. The lowest BCUT2D eigenvalue weighted by molar-refractivity contribution is -0.140. The number of halogens is 2. The van der Waals surface area contributed by atoms with Gasteiger partial charge in [-0.3, -0.25) is 9.59 Å². The van der Waals surface area contributed by atoms with Crippen molar-refractivity contribution in [1.29, 1.82) is 0 Å². The molecule has 0 aliphatic rings. The molecule has 0 aliphatic carbocycles. The van der Waals surface area contributed by atoms with Gasteiger partial charge in [-0.2, -0.15) is 0 Å². The van der Waals surface area contributed by atoms with E-state index in [1.807, 2.05) is 43.3 Å². The maximum atomic E-state index is 13.0. The summed E-state index contributed by atoms with van der Waals surface area (Å²) in [5.74, 6) is -0.385. The van der Waals surface area contributed by atoms with Gasteiger partial charge in [-0.05, 0) is 37.1 Å². The Morgan fingerprint density at radius 2 is 1.54 bits per heavy atom. The molecule has 2 aromatic rings. The van der Waals surface area contributed by atoms with Gasteiger partial charge in [0.05, 0.1) is 6.42 Å². The van der Waals surface area contributed by atoms with Crippen molar-refractivity contribution in [3.05, 3.63) is 69.7 Å². The first kappa shape index (κ1) is 20.3. The van der Waals surface area contributed by atoms with Crippen LogP contribution in [0.1, 0.15) is 25.0 Å². The van der Waals surface area contributed by atoms with Crippen molar-refractivity contribution in [2.24, 2.45) is 0 Å². The minimum absolute atomic E-state index is 0.119. The second-order valence-corrected chi connectivity index (χ2v) is 6.77. The van der Waals surface area contributed by atoms with E-state index in [9.17, 15) is 9.59 Å². The van der Waals surface area contributed by atoms with Crippen LogP contribution in [-0.4, -0.2) is 29.3 Å². The number of hydrogen-bond donors (Lipinski definition) is 1. The highest BCUT2D eigenvalue weighted by Gasteiger charge is 2.26. The highest BCUT2D eigenvalue weighted by atomic mass is 35.5. The summed E-state index contributed by atoms with van der Waals surface area (Å²) in [4.78, 5) is 26.8. The number of likely N-dealkylation sites (N-methyl/N-ethyl adjacent to an activating group) is 1. The zero-order valence-electron chi connectivity index (χ0n) is 14.8. The van der Waals surface area contributed by atoms with Crippen molar-refractivity contribution in [1.82, 2.24) is 10.2 Å². The zero-order chi connectivity index (χ0) is 19.1. The number of carbonyl (C=O) groups is 2. The number of rotatable bonds is 7. The van der Waals surface area contributed by atoms with Crippen molar-refractivity contribution < 1.29 is 9.59 Å². The van der Waals surface area contributed by atoms with Gasteiger partial charge < -0.3 is 10.2 Å². The van der Waals surface area contributed by atoms with Crippen molar-refractivity contribution in [3.63, 3.8) is 0 Å². The van der Waals surface area contributed by atoms with Crippen molar-refractivity contribution in [2.75, 3.05) is 6.54 Å². The Hall–Kier alpha value is -2.04. The van der Waals surface area contributed by atoms with E-state index in [2.05, 4.69) is 5.32 Å². The minimum Gasteiger partial charge on any atom is -0.355 e. The van der Waals surface area contributed by atoms with Crippen molar-refractivity contribution in [3.8, 4) is 0 Å². The van der Waals surface area contributed by atoms with Crippen molar-refractivity contribution >= 4 is 35.0 Å². The highest BCUT2D eigenvalue weighted by Crippen LogP contribution is 2.21. The maximum absolute atomic E-state index is 13.0. The van der Waals surface area contributed by atoms with Crippen LogP contribution in [0.25, 0.3) is 0 Å². The maximum Gasteiger partial charge on any atom is 0.242 e. The molecular weight excluding hydrogens is 371 g/mol. The summed E-state index contributed by atoms with van der Waals surface area (Å²) >= 11 is 12.4.